The second-order valence-corrected chi connectivity index (χ2v) is 4.60. The normalized spacial score (nSPS) is 11.5. The number of carbonyl (C=O) groups excluding carboxylic acids is 1. The van der Waals surface area contributed by atoms with E-state index in [2.05, 4.69) is 9.46 Å². The van der Waals surface area contributed by atoms with Gasteiger partial charge in [-0.25, -0.2) is 9.52 Å². The lowest BCUT2D eigenvalue weighted by molar-refractivity contribution is 0.121. The summed E-state index contributed by atoms with van der Waals surface area (Å²) in [5, 5.41) is 0. The van der Waals surface area contributed by atoms with Crippen LogP contribution in [-0.2, 0) is 14.9 Å². The molecule has 8 heteroatoms. The molecule has 0 atom stereocenters. The maximum absolute atomic E-state index is 11.1. The molecule has 0 aromatic carbocycles. The van der Waals surface area contributed by atoms with Crippen LogP contribution in [0.25, 0.3) is 0 Å². The predicted molar refractivity (Wildman–Crippen MR) is 55.3 cm³/mol. The summed E-state index contributed by atoms with van der Waals surface area (Å²) in [5.41, 5.74) is 5.18. The number of rotatable bonds is 6. The van der Waals surface area contributed by atoms with Gasteiger partial charge in [-0.15, -0.1) is 0 Å². The van der Waals surface area contributed by atoms with Gasteiger partial charge < -0.3 is 10.5 Å². The van der Waals surface area contributed by atoms with Crippen LogP contribution in [0.5, 0.6) is 0 Å². The van der Waals surface area contributed by atoms with Gasteiger partial charge in [-0.3, -0.25) is 0 Å². The summed E-state index contributed by atoms with van der Waals surface area (Å²) < 4.78 is 30.7. The van der Waals surface area contributed by atoms with Crippen molar-refractivity contribution in [3.63, 3.8) is 0 Å². The first-order valence-corrected chi connectivity index (χ1v) is 6.04. The summed E-state index contributed by atoms with van der Waals surface area (Å²) in [7, 11) is -3.83. The van der Waals surface area contributed by atoms with E-state index in [4.69, 9.17) is 5.73 Å². The molecule has 4 N–H and O–H groups in total. The van der Waals surface area contributed by atoms with Crippen molar-refractivity contribution >= 4 is 16.3 Å². The quantitative estimate of drug-likeness (QED) is 0.531. The minimum Gasteiger partial charge on any atom is -0.446 e. The van der Waals surface area contributed by atoms with Gasteiger partial charge >= 0.3 is 16.3 Å². The van der Waals surface area contributed by atoms with Crippen LogP contribution in [0, 0.1) is 0 Å². The molecule has 0 radical (unpaired) electrons. The molecule has 0 aliphatic heterocycles. The molecule has 0 aliphatic carbocycles. The van der Waals surface area contributed by atoms with E-state index in [1.807, 2.05) is 0 Å². The van der Waals surface area contributed by atoms with Gasteiger partial charge in [0, 0.05) is 6.54 Å². The highest BCUT2D eigenvalue weighted by molar-refractivity contribution is 7.88. The van der Waals surface area contributed by atoms with Crippen LogP contribution in [0.1, 0.15) is 20.3 Å². The highest BCUT2D eigenvalue weighted by Crippen LogP contribution is 1.89. The van der Waals surface area contributed by atoms with Crippen LogP contribution in [-0.4, -0.2) is 33.7 Å². The van der Waals surface area contributed by atoms with Gasteiger partial charge in [-0.05, 0) is 26.8 Å². The summed E-state index contributed by atoms with van der Waals surface area (Å²) in [6.07, 6.45) is -0.866. The monoisotopic (exact) mass is 239 g/mol. The number of amides is 1. The number of hydrogen-bond acceptors (Lipinski definition) is 5. The minimum atomic E-state index is -3.83. The summed E-state index contributed by atoms with van der Waals surface area (Å²) in [6, 6.07) is 0. The fourth-order valence-electron chi connectivity index (χ4n) is 0.693. The molecule has 0 saturated carbocycles. The molecular formula is C7H17N3O4S. The molecule has 0 aromatic heterocycles. The average Bonchev–Trinajstić information content (AvgIpc) is 2.00. The third-order valence-corrected chi connectivity index (χ3v) is 2.25. The van der Waals surface area contributed by atoms with Crippen molar-refractivity contribution < 1.29 is 17.9 Å². The number of hydrogen-bond donors (Lipinski definition) is 3. The minimum absolute atomic E-state index is 0.181. The lowest BCUT2D eigenvalue weighted by Gasteiger charge is -2.10. The maximum atomic E-state index is 11.1. The first-order valence-electron chi connectivity index (χ1n) is 4.55. The van der Waals surface area contributed by atoms with Gasteiger partial charge in [0.1, 0.15) is 0 Å². The van der Waals surface area contributed by atoms with Crippen molar-refractivity contribution in [1.82, 2.24) is 9.44 Å². The molecule has 0 saturated heterocycles. The zero-order valence-electron chi connectivity index (χ0n) is 8.82. The topological polar surface area (TPSA) is 111 Å². The zero-order chi connectivity index (χ0) is 11.9. The van der Waals surface area contributed by atoms with Gasteiger partial charge in [-0.2, -0.15) is 13.1 Å². The first kappa shape index (κ1) is 14.1. The molecule has 90 valence electrons. The van der Waals surface area contributed by atoms with Crippen molar-refractivity contribution in [3.8, 4) is 0 Å². The van der Waals surface area contributed by atoms with E-state index in [1.165, 1.54) is 0 Å². The summed E-state index contributed by atoms with van der Waals surface area (Å²) in [4.78, 5) is 10.9. The Balaban J connectivity index is 3.97. The van der Waals surface area contributed by atoms with Crippen molar-refractivity contribution in [1.29, 1.82) is 0 Å². The van der Waals surface area contributed by atoms with E-state index < -0.39 is 16.3 Å². The second-order valence-electron chi connectivity index (χ2n) is 3.10. The second kappa shape index (κ2) is 6.59. The van der Waals surface area contributed by atoms with E-state index >= 15 is 0 Å². The molecule has 0 unspecified atom stereocenters. The third-order valence-electron chi connectivity index (χ3n) is 1.23. The SMILES string of the molecule is CC(C)OC(=O)NS(=O)(=O)NCCCN. The summed E-state index contributed by atoms with van der Waals surface area (Å²) in [5.74, 6) is 0. The lowest BCUT2D eigenvalue weighted by Crippen LogP contribution is -2.41. The van der Waals surface area contributed by atoms with E-state index in [9.17, 15) is 13.2 Å². The molecular weight excluding hydrogens is 222 g/mol. The Labute approximate surface area is 89.5 Å². The number of carbonyl (C=O) groups is 1. The number of ether oxygens (including phenoxy) is 1. The molecule has 0 bridgehead atoms. The first-order chi connectivity index (χ1) is 6.87. The molecule has 7 nitrogen and oxygen atoms in total. The smallest absolute Gasteiger partial charge is 0.422 e. The largest absolute Gasteiger partial charge is 0.446 e. The lowest BCUT2D eigenvalue weighted by atomic mass is 10.4. The molecule has 1 amide bonds. The van der Waals surface area contributed by atoms with Crippen molar-refractivity contribution in [2.75, 3.05) is 13.1 Å². The third kappa shape index (κ3) is 8.16. The molecule has 0 rings (SSSR count). The van der Waals surface area contributed by atoms with Crippen LogP contribution < -0.4 is 15.2 Å². The van der Waals surface area contributed by atoms with Crippen LogP contribution >= 0.6 is 0 Å². The highest BCUT2D eigenvalue weighted by atomic mass is 32.2. The predicted octanol–water partition coefficient (Wildman–Crippen LogP) is -0.696. The average molecular weight is 239 g/mol. The Morgan fingerprint density at radius 1 is 1.47 bits per heavy atom. The van der Waals surface area contributed by atoms with Crippen molar-refractivity contribution in [2.45, 2.75) is 26.4 Å². The van der Waals surface area contributed by atoms with Crippen LogP contribution in [0.15, 0.2) is 0 Å². The molecule has 0 aliphatic rings. The van der Waals surface area contributed by atoms with Crippen LogP contribution in [0.4, 0.5) is 4.79 Å². The Morgan fingerprint density at radius 2 is 2.07 bits per heavy atom. The molecule has 0 heterocycles. The van der Waals surface area contributed by atoms with E-state index in [0.29, 0.717) is 13.0 Å². The standard InChI is InChI=1S/C7H17N3O4S/c1-6(2)14-7(11)10-15(12,13)9-5-3-4-8/h6,9H,3-5,8H2,1-2H3,(H,10,11). The van der Waals surface area contributed by atoms with Crippen molar-refractivity contribution in [2.24, 2.45) is 5.73 Å². The number of nitrogens with one attached hydrogen (secondary N) is 2. The van der Waals surface area contributed by atoms with E-state index in [1.54, 1.807) is 18.6 Å². The van der Waals surface area contributed by atoms with Crippen molar-refractivity contribution in [3.05, 3.63) is 0 Å². The van der Waals surface area contributed by atoms with Gasteiger partial charge in [-0.1, -0.05) is 0 Å². The Kier molecular flexibility index (Phi) is 6.21. The molecule has 0 spiro atoms. The van der Waals surface area contributed by atoms with E-state index in [-0.39, 0.29) is 12.6 Å². The molecule has 15 heavy (non-hydrogen) atoms. The van der Waals surface area contributed by atoms with Gasteiger partial charge in [0.25, 0.3) is 0 Å². The fraction of sp³-hybridized carbons (Fsp3) is 0.857. The highest BCUT2D eigenvalue weighted by Gasteiger charge is 2.14. The Hall–Kier alpha value is -0.860. The number of nitrogens with two attached hydrogens (primary N) is 1. The van der Waals surface area contributed by atoms with E-state index in [0.717, 1.165) is 0 Å². The van der Waals surface area contributed by atoms with Crippen LogP contribution in [0.2, 0.25) is 0 Å². The summed E-state index contributed by atoms with van der Waals surface area (Å²) >= 11 is 0. The van der Waals surface area contributed by atoms with Gasteiger partial charge in [0.15, 0.2) is 0 Å². The maximum Gasteiger partial charge on any atom is 0.422 e. The summed E-state index contributed by atoms with van der Waals surface area (Å²) in [6.45, 7) is 3.79. The molecule has 0 fully saturated rings. The Morgan fingerprint density at radius 3 is 2.53 bits per heavy atom. The molecule has 0 aromatic rings. The van der Waals surface area contributed by atoms with Gasteiger partial charge in [0.05, 0.1) is 6.10 Å². The van der Waals surface area contributed by atoms with Gasteiger partial charge in [0.2, 0.25) is 0 Å². The fourth-order valence-corrected chi connectivity index (χ4v) is 1.45. The Bertz CT molecular complexity index is 289. The zero-order valence-corrected chi connectivity index (χ0v) is 9.63. The van der Waals surface area contributed by atoms with Crippen LogP contribution in [0.3, 0.4) is 0 Å².